The fourth-order valence-corrected chi connectivity index (χ4v) is 1.25. The first-order valence-electron chi connectivity index (χ1n) is 4.59. The molecule has 0 aliphatic heterocycles. The van der Waals surface area contributed by atoms with Crippen molar-refractivity contribution in [1.82, 2.24) is 15.0 Å². The predicted molar refractivity (Wildman–Crippen MR) is 62.6 cm³/mol. The van der Waals surface area contributed by atoms with E-state index >= 15 is 0 Å². The Morgan fingerprint density at radius 1 is 0.667 bits per heavy atom. The number of hydrogen-bond acceptors (Lipinski definition) is 3. The lowest BCUT2D eigenvalue weighted by atomic mass is 10.3. The summed E-state index contributed by atoms with van der Waals surface area (Å²) in [6.07, 6.45) is 0. The molecule has 3 nitrogen and oxygen atoms in total. The standard InChI is InChI=1S/C9H12Cl3N3/c1-4(10)7-13-8(5(2)11)15-9(14-7)6(3)12/h4-6H,1-3H3. The molecule has 0 bridgehead atoms. The minimum absolute atomic E-state index is 0.281. The van der Waals surface area contributed by atoms with Gasteiger partial charge in [-0.25, -0.2) is 15.0 Å². The molecule has 0 aliphatic rings. The van der Waals surface area contributed by atoms with Crippen LogP contribution in [0.1, 0.15) is 54.4 Å². The van der Waals surface area contributed by atoms with Crippen LogP contribution in [0.2, 0.25) is 0 Å². The van der Waals surface area contributed by atoms with Crippen LogP contribution in [0.25, 0.3) is 0 Å². The van der Waals surface area contributed by atoms with Crippen molar-refractivity contribution in [3.8, 4) is 0 Å². The second-order valence-corrected chi connectivity index (χ2v) is 5.22. The van der Waals surface area contributed by atoms with E-state index in [1.165, 1.54) is 0 Å². The van der Waals surface area contributed by atoms with E-state index < -0.39 is 0 Å². The van der Waals surface area contributed by atoms with Gasteiger partial charge >= 0.3 is 0 Å². The first kappa shape index (κ1) is 12.9. The summed E-state index contributed by atoms with van der Waals surface area (Å²) in [5, 5.41) is -0.844. The van der Waals surface area contributed by atoms with Gasteiger partial charge in [0.25, 0.3) is 0 Å². The molecule has 0 saturated carbocycles. The van der Waals surface area contributed by atoms with Crippen LogP contribution in [0.5, 0.6) is 0 Å². The zero-order chi connectivity index (χ0) is 11.6. The molecule has 0 amide bonds. The molecule has 1 aromatic rings. The molecule has 3 unspecified atom stereocenters. The molecule has 3 atom stereocenters. The van der Waals surface area contributed by atoms with Gasteiger partial charge in [0.2, 0.25) is 0 Å². The van der Waals surface area contributed by atoms with Crippen molar-refractivity contribution in [3.63, 3.8) is 0 Å². The average Bonchev–Trinajstić information content (AvgIpc) is 2.16. The third-order valence-corrected chi connectivity index (χ3v) is 2.34. The maximum Gasteiger partial charge on any atom is 0.150 e. The summed E-state index contributed by atoms with van der Waals surface area (Å²) >= 11 is 17.8. The summed E-state index contributed by atoms with van der Waals surface area (Å²) in [5.41, 5.74) is 0. The van der Waals surface area contributed by atoms with Gasteiger partial charge < -0.3 is 0 Å². The van der Waals surface area contributed by atoms with Crippen LogP contribution in [0.4, 0.5) is 0 Å². The molecule has 1 heterocycles. The molecule has 6 heteroatoms. The maximum atomic E-state index is 5.92. The Bertz CT molecular complexity index is 275. The molecule has 0 aliphatic carbocycles. The maximum absolute atomic E-state index is 5.92. The Hall–Kier alpha value is -0.120. The fourth-order valence-electron chi connectivity index (χ4n) is 0.961. The van der Waals surface area contributed by atoms with Gasteiger partial charge in [0.1, 0.15) is 17.5 Å². The molecular formula is C9H12Cl3N3. The normalized spacial score (nSPS) is 17.2. The van der Waals surface area contributed by atoms with Crippen LogP contribution in [0.3, 0.4) is 0 Å². The Balaban J connectivity index is 3.20. The molecule has 1 rings (SSSR count). The van der Waals surface area contributed by atoms with Crippen molar-refractivity contribution < 1.29 is 0 Å². The molecule has 0 saturated heterocycles. The van der Waals surface area contributed by atoms with Crippen LogP contribution in [-0.2, 0) is 0 Å². The van der Waals surface area contributed by atoms with E-state index in [1.54, 1.807) is 20.8 Å². The molecule has 84 valence electrons. The highest BCUT2D eigenvalue weighted by Gasteiger charge is 2.16. The quantitative estimate of drug-likeness (QED) is 0.783. The van der Waals surface area contributed by atoms with Crippen LogP contribution in [0.15, 0.2) is 0 Å². The van der Waals surface area contributed by atoms with Crippen LogP contribution in [-0.4, -0.2) is 15.0 Å². The second kappa shape index (κ2) is 5.28. The largest absolute Gasteiger partial charge is 0.215 e. The predicted octanol–water partition coefficient (Wildman–Crippen LogP) is 3.77. The molecule has 0 aromatic carbocycles. The number of aromatic nitrogens is 3. The van der Waals surface area contributed by atoms with Crippen molar-refractivity contribution in [2.75, 3.05) is 0 Å². The summed E-state index contributed by atoms with van der Waals surface area (Å²) in [7, 11) is 0. The lowest BCUT2D eigenvalue weighted by Crippen LogP contribution is -2.09. The van der Waals surface area contributed by atoms with Crippen LogP contribution >= 0.6 is 34.8 Å². The highest BCUT2D eigenvalue weighted by Crippen LogP contribution is 2.23. The number of halogens is 3. The zero-order valence-electron chi connectivity index (χ0n) is 8.71. The fraction of sp³-hybridized carbons (Fsp3) is 0.667. The lowest BCUT2D eigenvalue weighted by molar-refractivity contribution is 0.747. The first-order valence-corrected chi connectivity index (χ1v) is 5.90. The minimum atomic E-state index is -0.281. The monoisotopic (exact) mass is 267 g/mol. The van der Waals surface area contributed by atoms with Crippen molar-refractivity contribution in [1.29, 1.82) is 0 Å². The van der Waals surface area contributed by atoms with E-state index in [9.17, 15) is 0 Å². The Morgan fingerprint density at radius 2 is 0.867 bits per heavy atom. The summed E-state index contributed by atoms with van der Waals surface area (Å²) < 4.78 is 0. The third-order valence-electron chi connectivity index (χ3n) is 1.75. The van der Waals surface area contributed by atoms with Gasteiger partial charge in [-0.3, -0.25) is 0 Å². The molecular weight excluding hydrogens is 256 g/mol. The molecule has 0 N–H and O–H groups in total. The highest BCUT2D eigenvalue weighted by atomic mass is 35.5. The Labute approximate surface area is 104 Å². The van der Waals surface area contributed by atoms with Crippen LogP contribution in [0, 0.1) is 0 Å². The van der Waals surface area contributed by atoms with Crippen molar-refractivity contribution in [2.24, 2.45) is 0 Å². The van der Waals surface area contributed by atoms with Crippen molar-refractivity contribution in [2.45, 2.75) is 36.9 Å². The van der Waals surface area contributed by atoms with Gasteiger partial charge in [0, 0.05) is 0 Å². The molecule has 0 radical (unpaired) electrons. The van der Waals surface area contributed by atoms with E-state index in [1.807, 2.05) is 0 Å². The number of nitrogens with zero attached hydrogens (tertiary/aromatic N) is 3. The van der Waals surface area contributed by atoms with Gasteiger partial charge in [0.05, 0.1) is 16.1 Å². The lowest BCUT2D eigenvalue weighted by Gasteiger charge is -2.10. The van der Waals surface area contributed by atoms with Gasteiger partial charge in [-0.1, -0.05) is 0 Å². The van der Waals surface area contributed by atoms with Gasteiger partial charge in [-0.05, 0) is 20.8 Å². The minimum Gasteiger partial charge on any atom is -0.215 e. The van der Waals surface area contributed by atoms with E-state index in [0.29, 0.717) is 17.5 Å². The zero-order valence-corrected chi connectivity index (χ0v) is 11.0. The summed E-state index contributed by atoms with van der Waals surface area (Å²) in [6, 6.07) is 0. The number of alkyl halides is 3. The van der Waals surface area contributed by atoms with E-state index in [4.69, 9.17) is 34.8 Å². The van der Waals surface area contributed by atoms with Crippen molar-refractivity contribution in [3.05, 3.63) is 17.5 Å². The number of hydrogen-bond donors (Lipinski definition) is 0. The second-order valence-electron chi connectivity index (χ2n) is 3.26. The Kier molecular flexibility index (Phi) is 4.56. The van der Waals surface area contributed by atoms with Crippen LogP contribution < -0.4 is 0 Å². The topological polar surface area (TPSA) is 38.7 Å². The third kappa shape index (κ3) is 3.44. The average molecular weight is 269 g/mol. The molecule has 0 fully saturated rings. The van der Waals surface area contributed by atoms with E-state index in [-0.39, 0.29) is 16.1 Å². The first-order chi connectivity index (χ1) is 6.91. The summed E-state index contributed by atoms with van der Waals surface area (Å²) in [6.45, 7) is 5.38. The van der Waals surface area contributed by atoms with Gasteiger partial charge in [-0.15, -0.1) is 34.8 Å². The molecule has 15 heavy (non-hydrogen) atoms. The summed E-state index contributed by atoms with van der Waals surface area (Å²) in [5.74, 6) is 1.53. The molecule has 1 aromatic heterocycles. The van der Waals surface area contributed by atoms with E-state index in [2.05, 4.69) is 15.0 Å². The summed E-state index contributed by atoms with van der Waals surface area (Å²) in [4.78, 5) is 12.5. The Morgan fingerprint density at radius 3 is 1.00 bits per heavy atom. The highest BCUT2D eigenvalue weighted by molar-refractivity contribution is 6.21. The number of rotatable bonds is 3. The van der Waals surface area contributed by atoms with Gasteiger partial charge in [-0.2, -0.15) is 0 Å². The van der Waals surface area contributed by atoms with Gasteiger partial charge in [0.15, 0.2) is 0 Å². The van der Waals surface area contributed by atoms with E-state index in [0.717, 1.165) is 0 Å². The molecule has 0 spiro atoms. The smallest absolute Gasteiger partial charge is 0.150 e. The SMILES string of the molecule is CC(Cl)c1nc(C(C)Cl)nc(C(C)Cl)n1. The van der Waals surface area contributed by atoms with Crippen molar-refractivity contribution >= 4 is 34.8 Å².